The maximum Gasteiger partial charge on any atom is 0.204 e. The molecular weight excluding hydrogens is 344 g/mol. The van der Waals surface area contributed by atoms with Crippen LogP contribution in [0, 0.1) is 11.6 Å². The lowest BCUT2D eigenvalue weighted by atomic mass is 9.92. The van der Waals surface area contributed by atoms with Crippen LogP contribution in [-0.4, -0.2) is 17.5 Å². The first kappa shape index (κ1) is 16.3. The molecular formula is C23H19F2NO. The van der Waals surface area contributed by atoms with E-state index in [1.165, 1.54) is 24.3 Å². The van der Waals surface area contributed by atoms with E-state index >= 15 is 0 Å². The molecule has 0 N–H and O–H groups in total. The van der Waals surface area contributed by atoms with Gasteiger partial charge in [0.05, 0.1) is 0 Å². The quantitative estimate of drug-likeness (QED) is 0.601. The Hall–Kier alpha value is -2.88. The molecule has 27 heavy (non-hydrogen) atoms. The Morgan fingerprint density at radius 1 is 1.00 bits per heavy atom. The van der Waals surface area contributed by atoms with Crippen molar-refractivity contribution < 1.29 is 13.5 Å². The van der Waals surface area contributed by atoms with Gasteiger partial charge in [0.2, 0.25) is 5.88 Å². The molecule has 4 heteroatoms. The predicted octanol–water partition coefficient (Wildman–Crippen LogP) is 3.86. The molecule has 2 aliphatic heterocycles. The fraction of sp³-hybridized carbons (Fsp3) is 0.217. The van der Waals surface area contributed by atoms with Crippen molar-refractivity contribution in [3.05, 3.63) is 76.2 Å². The minimum atomic E-state index is -0.370. The summed E-state index contributed by atoms with van der Waals surface area (Å²) in [5.41, 5.74) is 1.14. The zero-order valence-electron chi connectivity index (χ0n) is 15.2. The van der Waals surface area contributed by atoms with E-state index in [0.717, 1.165) is 16.5 Å². The van der Waals surface area contributed by atoms with Gasteiger partial charge in [-0.3, -0.25) is 0 Å². The molecule has 136 valence electrons. The number of nitrogens with zero attached hydrogens (tertiary/aromatic N) is 1. The minimum Gasteiger partial charge on any atom is -0.440 e. The normalized spacial score (nSPS) is 20.9. The number of rotatable bonds is 0. The zero-order valence-corrected chi connectivity index (χ0v) is 15.2. The second-order valence-electron chi connectivity index (χ2n) is 7.34. The van der Waals surface area contributed by atoms with E-state index in [0.29, 0.717) is 28.4 Å². The molecule has 3 aromatic carbocycles. The molecule has 0 spiro atoms. The van der Waals surface area contributed by atoms with Gasteiger partial charge in [0.1, 0.15) is 17.4 Å². The third-order valence-electron chi connectivity index (χ3n) is 5.91. The molecule has 0 saturated heterocycles. The summed E-state index contributed by atoms with van der Waals surface area (Å²) in [5.74, 6) is 0.957. The number of hydrogen-bond acceptors (Lipinski definition) is 2. The van der Waals surface area contributed by atoms with Crippen molar-refractivity contribution in [2.45, 2.75) is 25.8 Å². The minimum absolute atomic E-state index is 0.180. The van der Waals surface area contributed by atoms with Crippen LogP contribution in [0.15, 0.2) is 48.5 Å². The Morgan fingerprint density at radius 3 is 2.67 bits per heavy atom. The Balaban J connectivity index is 1.88. The lowest BCUT2D eigenvalue weighted by Crippen LogP contribution is -2.46. The Labute approximate surface area is 156 Å². The number of para-hydroxylation sites is 1. The number of benzene rings is 3. The highest BCUT2D eigenvalue weighted by Crippen LogP contribution is 2.37. The molecule has 3 aromatic rings. The van der Waals surface area contributed by atoms with E-state index in [1.807, 2.05) is 24.3 Å². The van der Waals surface area contributed by atoms with Crippen LogP contribution in [0.3, 0.4) is 0 Å². The number of halogens is 2. The van der Waals surface area contributed by atoms with Gasteiger partial charge in [-0.25, -0.2) is 8.78 Å². The largest absolute Gasteiger partial charge is 0.440 e. The van der Waals surface area contributed by atoms with Gasteiger partial charge >= 0.3 is 0 Å². The molecule has 2 unspecified atom stereocenters. The van der Waals surface area contributed by atoms with Crippen LogP contribution in [0.2, 0.25) is 0 Å². The van der Waals surface area contributed by atoms with E-state index in [-0.39, 0.29) is 23.6 Å². The monoisotopic (exact) mass is 363 g/mol. The molecule has 5 rings (SSSR count). The van der Waals surface area contributed by atoms with E-state index in [1.54, 1.807) is 0 Å². The highest BCUT2D eigenvalue weighted by molar-refractivity contribution is 5.85. The molecule has 2 nitrogen and oxygen atoms in total. The molecule has 0 saturated carbocycles. The SMILES string of the molecule is CC1c2ccccc2OC2=c3cc(F)c4ccc(F)cc4c3=CCN2C1C. The number of fused-ring (bicyclic) bond motifs is 5. The average Bonchev–Trinajstić information content (AvgIpc) is 2.78. The Bertz CT molecular complexity index is 1200. The van der Waals surface area contributed by atoms with Crippen LogP contribution in [0.5, 0.6) is 5.75 Å². The van der Waals surface area contributed by atoms with Gasteiger partial charge in [0.15, 0.2) is 0 Å². The second kappa shape index (κ2) is 5.81. The molecule has 0 radical (unpaired) electrons. The lowest BCUT2D eigenvalue weighted by molar-refractivity contribution is 0.257. The van der Waals surface area contributed by atoms with Crippen molar-refractivity contribution in [3.63, 3.8) is 0 Å². The van der Waals surface area contributed by atoms with Crippen molar-refractivity contribution >= 4 is 22.7 Å². The molecule has 0 bridgehead atoms. The Morgan fingerprint density at radius 2 is 1.81 bits per heavy atom. The van der Waals surface area contributed by atoms with E-state index < -0.39 is 0 Å². The van der Waals surface area contributed by atoms with Gasteiger partial charge in [0, 0.05) is 29.1 Å². The van der Waals surface area contributed by atoms with Crippen molar-refractivity contribution in [3.8, 4) is 5.75 Å². The van der Waals surface area contributed by atoms with E-state index in [4.69, 9.17) is 4.74 Å². The van der Waals surface area contributed by atoms with Gasteiger partial charge in [-0.05, 0) is 53.4 Å². The summed E-state index contributed by atoms with van der Waals surface area (Å²) in [5, 5.41) is 2.51. The number of ether oxygens (including phenoxy) is 1. The molecule has 0 fully saturated rings. The first-order valence-corrected chi connectivity index (χ1v) is 9.20. The number of hydrogen-bond donors (Lipinski definition) is 0. The first-order valence-electron chi connectivity index (χ1n) is 9.20. The van der Waals surface area contributed by atoms with Gasteiger partial charge < -0.3 is 9.64 Å². The average molecular weight is 363 g/mol. The van der Waals surface area contributed by atoms with Crippen LogP contribution in [0.25, 0.3) is 22.7 Å². The topological polar surface area (TPSA) is 12.5 Å². The zero-order chi connectivity index (χ0) is 18.7. The predicted molar refractivity (Wildman–Crippen MR) is 103 cm³/mol. The van der Waals surface area contributed by atoms with Gasteiger partial charge in [0.25, 0.3) is 0 Å². The third-order valence-corrected chi connectivity index (χ3v) is 5.91. The van der Waals surface area contributed by atoms with Crippen molar-refractivity contribution in [1.29, 1.82) is 0 Å². The summed E-state index contributed by atoms with van der Waals surface area (Å²) in [6.45, 7) is 4.98. The van der Waals surface area contributed by atoms with Gasteiger partial charge in [-0.1, -0.05) is 31.2 Å². The van der Waals surface area contributed by atoms with Crippen molar-refractivity contribution in [1.82, 2.24) is 4.90 Å². The van der Waals surface area contributed by atoms with Crippen LogP contribution >= 0.6 is 0 Å². The first-order chi connectivity index (χ1) is 13.0. The maximum atomic E-state index is 14.8. The standard InChI is InChI=1S/C23H19F2NO/c1-13-14(2)26-10-9-17-19-11-15(24)7-8-18(19)21(25)12-20(17)23(26)27-22-6-4-3-5-16(13)22/h3-9,11-14H,10H2,1-2H3. The Kier molecular flexibility index (Phi) is 3.51. The van der Waals surface area contributed by atoms with Crippen molar-refractivity contribution in [2.75, 3.05) is 6.54 Å². The van der Waals surface area contributed by atoms with Gasteiger partial charge in [-0.15, -0.1) is 0 Å². The van der Waals surface area contributed by atoms with Crippen molar-refractivity contribution in [2.24, 2.45) is 0 Å². The fourth-order valence-electron chi connectivity index (χ4n) is 4.25. The molecule has 0 aliphatic carbocycles. The second-order valence-corrected chi connectivity index (χ2v) is 7.34. The summed E-state index contributed by atoms with van der Waals surface area (Å²) < 4.78 is 35.0. The summed E-state index contributed by atoms with van der Waals surface area (Å²) in [7, 11) is 0. The third kappa shape index (κ3) is 2.36. The summed E-state index contributed by atoms with van der Waals surface area (Å²) in [6.07, 6.45) is 2.04. The fourth-order valence-corrected chi connectivity index (χ4v) is 4.25. The maximum absolute atomic E-state index is 14.8. The molecule has 2 aliphatic rings. The van der Waals surface area contributed by atoms with Crippen LogP contribution in [-0.2, 0) is 0 Å². The molecule has 2 heterocycles. The summed E-state index contributed by atoms with van der Waals surface area (Å²) >= 11 is 0. The summed E-state index contributed by atoms with van der Waals surface area (Å²) in [6, 6.07) is 13.9. The highest BCUT2D eigenvalue weighted by Gasteiger charge is 2.32. The van der Waals surface area contributed by atoms with Crippen LogP contribution in [0.4, 0.5) is 8.78 Å². The smallest absolute Gasteiger partial charge is 0.204 e. The molecule has 0 aromatic heterocycles. The molecule has 0 amide bonds. The van der Waals surface area contributed by atoms with E-state index in [9.17, 15) is 8.78 Å². The lowest BCUT2D eigenvalue weighted by Gasteiger charge is -2.33. The highest BCUT2D eigenvalue weighted by atomic mass is 19.1. The summed E-state index contributed by atoms with van der Waals surface area (Å²) in [4.78, 5) is 2.16. The van der Waals surface area contributed by atoms with Gasteiger partial charge in [-0.2, -0.15) is 0 Å². The molecule has 2 atom stereocenters. The van der Waals surface area contributed by atoms with Crippen LogP contribution in [0.1, 0.15) is 25.3 Å². The van der Waals surface area contributed by atoms with Crippen LogP contribution < -0.4 is 15.2 Å². The van der Waals surface area contributed by atoms with E-state index in [2.05, 4.69) is 24.8 Å².